The van der Waals surface area contributed by atoms with Crippen LogP contribution in [0.15, 0.2) is 79.0 Å². The van der Waals surface area contributed by atoms with Crippen LogP contribution in [0.25, 0.3) is 43.6 Å². The Balaban J connectivity index is 1.81. The summed E-state index contributed by atoms with van der Waals surface area (Å²) in [5.41, 5.74) is 4.53. The van der Waals surface area contributed by atoms with E-state index >= 15 is 0 Å². The normalized spacial score (nSPS) is 12.3. The molecule has 4 aromatic carbocycles. The van der Waals surface area contributed by atoms with Gasteiger partial charge in [-0.05, 0) is 45.8 Å². The van der Waals surface area contributed by atoms with E-state index in [1.807, 2.05) is 6.20 Å². The van der Waals surface area contributed by atoms with Crippen molar-refractivity contribution >= 4 is 43.7 Å². The van der Waals surface area contributed by atoms with Crippen LogP contribution in [-0.2, 0) is 0 Å². The van der Waals surface area contributed by atoms with Crippen molar-refractivity contribution in [2.75, 3.05) is 5.32 Å². The van der Waals surface area contributed by atoms with E-state index in [4.69, 9.17) is 4.98 Å². The topological polar surface area (TPSA) is 24.9 Å². The number of fused-ring (bicyclic) bond motifs is 5. The Labute approximate surface area is 144 Å². The summed E-state index contributed by atoms with van der Waals surface area (Å²) in [4.78, 5) is 4.75. The van der Waals surface area contributed by atoms with Crippen molar-refractivity contribution in [3.8, 4) is 11.3 Å². The maximum atomic E-state index is 4.75. The summed E-state index contributed by atoms with van der Waals surface area (Å²) in [6.45, 7) is 0. The Bertz CT molecular complexity index is 1320. The summed E-state index contributed by atoms with van der Waals surface area (Å²) in [6.07, 6.45) is 1.92. The lowest BCUT2D eigenvalue weighted by Gasteiger charge is -2.23. The SMILES string of the molecule is c1ccc2cc3c(cc2c1)Nc1c2ccccc2cc2ccnc-3c12. The maximum absolute atomic E-state index is 4.75. The molecule has 0 saturated carbocycles. The number of anilines is 2. The van der Waals surface area contributed by atoms with Crippen LogP contribution >= 0.6 is 0 Å². The zero-order valence-electron chi connectivity index (χ0n) is 13.5. The number of hydrogen-bond acceptors (Lipinski definition) is 2. The fourth-order valence-corrected chi connectivity index (χ4v) is 4.02. The first-order valence-electron chi connectivity index (χ1n) is 8.49. The van der Waals surface area contributed by atoms with Gasteiger partial charge in [-0.25, -0.2) is 0 Å². The molecule has 1 aromatic heterocycles. The lowest BCUT2D eigenvalue weighted by atomic mass is 9.92. The van der Waals surface area contributed by atoms with Crippen LogP contribution in [0, 0.1) is 0 Å². The van der Waals surface area contributed by atoms with Crippen molar-refractivity contribution in [1.29, 1.82) is 0 Å². The molecule has 6 rings (SSSR count). The lowest BCUT2D eigenvalue weighted by molar-refractivity contribution is 1.35. The number of benzene rings is 4. The predicted octanol–water partition coefficient (Wildman–Crippen LogP) is 6.27. The predicted molar refractivity (Wildman–Crippen MR) is 105 cm³/mol. The first kappa shape index (κ1) is 13.0. The van der Waals surface area contributed by atoms with Gasteiger partial charge in [-0.2, -0.15) is 0 Å². The quantitative estimate of drug-likeness (QED) is 0.334. The molecule has 0 atom stereocenters. The molecule has 0 spiro atoms. The summed E-state index contributed by atoms with van der Waals surface area (Å²) in [5, 5.41) is 11.1. The number of aromatic nitrogens is 1. The monoisotopic (exact) mass is 318 g/mol. The average molecular weight is 318 g/mol. The molecule has 5 aromatic rings. The summed E-state index contributed by atoms with van der Waals surface area (Å²) >= 11 is 0. The van der Waals surface area contributed by atoms with E-state index in [0.29, 0.717) is 0 Å². The molecule has 0 bridgehead atoms. The highest BCUT2D eigenvalue weighted by molar-refractivity contribution is 6.20. The molecular weight excluding hydrogens is 304 g/mol. The molecular formula is C23H14N2. The smallest absolute Gasteiger partial charge is 0.0822 e. The van der Waals surface area contributed by atoms with Gasteiger partial charge >= 0.3 is 0 Å². The van der Waals surface area contributed by atoms with Crippen molar-refractivity contribution in [3.05, 3.63) is 79.0 Å². The molecule has 0 amide bonds. The number of pyridine rings is 1. The molecule has 0 radical (unpaired) electrons. The average Bonchev–Trinajstić information content (AvgIpc) is 2.67. The molecule has 25 heavy (non-hydrogen) atoms. The third kappa shape index (κ3) is 1.71. The summed E-state index contributed by atoms with van der Waals surface area (Å²) in [7, 11) is 0. The number of nitrogens with zero attached hydrogens (tertiary/aromatic N) is 1. The molecule has 0 saturated heterocycles. The Morgan fingerprint density at radius 1 is 0.680 bits per heavy atom. The van der Waals surface area contributed by atoms with Gasteiger partial charge in [-0.3, -0.25) is 4.98 Å². The zero-order valence-corrected chi connectivity index (χ0v) is 13.5. The van der Waals surface area contributed by atoms with Gasteiger partial charge in [0.1, 0.15) is 0 Å². The number of hydrogen-bond donors (Lipinski definition) is 1. The Hall–Kier alpha value is -3.39. The van der Waals surface area contributed by atoms with Crippen molar-refractivity contribution in [1.82, 2.24) is 4.98 Å². The fraction of sp³-hybridized carbons (Fsp3) is 0. The number of rotatable bonds is 0. The Morgan fingerprint density at radius 3 is 2.32 bits per heavy atom. The van der Waals surface area contributed by atoms with Gasteiger partial charge in [0, 0.05) is 28.2 Å². The summed E-state index contributed by atoms with van der Waals surface area (Å²) in [5.74, 6) is 0. The molecule has 1 aliphatic rings. The van der Waals surface area contributed by atoms with Crippen LogP contribution in [0.3, 0.4) is 0 Å². The summed E-state index contributed by atoms with van der Waals surface area (Å²) in [6, 6.07) is 25.9. The molecule has 1 aliphatic heterocycles. The molecule has 1 N–H and O–H groups in total. The number of nitrogens with one attached hydrogen (secondary N) is 1. The Morgan fingerprint density at radius 2 is 1.44 bits per heavy atom. The van der Waals surface area contributed by atoms with Gasteiger partial charge < -0.3 is 5.32 Å². The fourth-order valence-electron chi connectivity index (χ4n) is 4.02. The molecule has 0 unspecified atom stereocenters. The molecule has 0 fully saturated rings. The largest absolute Gasteiger partial charge is 0.354 e. The maximum Gasteiger partial charge on any atom is 0.0822 e. The van der Waals surface area contributed by atoms with Crippen molar-refractivity contribution < 1.29 is 0 Å². The molecule has 2 nitrogen and oxygen atoms in total. The van der Waals surface area contributed by atoms with Crippen LogP contribution in [0.2, 0.25) is 0 Å². The highest BCUT2D eigenvalue weighted by Gasteiger charge is 2.21. The van der Waals surface area contributed by atoms with Gasteiger partial charge in [-0.15, -0.1) is 0 Å². The van der Waals surface area contributed by atoms with Crippen LogP contribution in [-0.4, -0.2) is 4.98 Å². The van der Waals surface area contributed by atoms with Crippen LogP contribution < -0.4 is 5.32 Å². The standard InChI is InChI=1S/C23H14N2/c1-2-6-15-13-20-19(12-14(15)5-1)22-21-17(9-10-24-22)11-16-7-3-4-8-18(16)23(21)25-20/h1-13,25H. The molecule has 0 aliphatic carbocycles. The van der Waals surface area contributed by atoms with E-state index in [-0.39, 0.29) is 0 Å². The minimum Gasteiger partial charge on any atom is -0.354 e. The molecule has 2 heterocycles. The van der Waals surface area contributed by atoms with E-state index in [1.54, 1.807) is 0 Å². The first-order valence-corrected chi connectivity index (χ1v) is 8.49. The van der Waals surface area contributed by atoms with Crippen molar-refractivity contribution in [2.24, 2.45) is 0 Å². The highest BCUT2D eigenvalue weighted by Crippen LogP contribution is 2.46. The van der Waals surface area contributed by atoms with E-state index < -0.39 is 0 Å². The van der Waals surface area contributed by atoms with Gasteiger partial charge in [0.15, 0.2) is 0 Å². The highest BCUT2D eigenvalue weighted by atomic mass is 14.9. The van der Waals surface area contributed by atoms with Crippen LogP contribution in [0.5, 0.6) is 0 Å². The zero-order chi connectivity index (χ0) is 16.4. The Kier molecular flexibility index (Phi) is 2.37. The van der Waals surface area contributed by atoms with E-state index in [1.165, 1.54) is 43.6 Å². The minimum absolute atomic E-state index is 1.07. The van der Waals surface area contributed by atoms with Gasteiger partial charge in [0.2, 0.25) is 0 Å². The van der Waals surface area contributed by atoms with Gasteiger partial charge in [0.05, 0.1) is 11.4 Å². The lowest BCUT2D eigenvalue weighted by Crippen LogP contribution is -2.03. The van der Waals surface area contributed by atoms with E-state index in [2.05, 4.69) is 78.1 Å². The van der Waals surface area contributed by atoms with E-state index in [0.717, 1.165) is 11.4 Å². The molecule has 116 valence electrons. The molecule has 2 heteroatoms. The van der Waals surface area contributed by atoms with E-state index in [9.17, 15) is 0 Å². The van der Waals surface area contributed by atoms with Crippen molar-refractivity contribution in [2.45, 2.75) is 0 Å². The third-order valence-corrected chi connectivity index (χ3v) is 5.17. The first-order chi connectivity index (χ1) is 12.4. The van der Waals surface area contributed by atoms with Crippen LogP contribution in [0.4, 0.5) is 11.4 Å². The van der Waals surface area contributed by atoms with Crippen LogP contribution in [0.1, 0.15) is 0 Å². The summed E-state index contributed by atoms with van der Waals surface area (Å²) < 4.78 is 0. The second-order valence-electron chi connectivity index (χ2n) is 6.60. The third-order valence-electron chi connectivity index (χ3n) is 5.17. The van der Waals surface area contributed by atoms with Crippen molar-refractivity contribution in [3.63, 3.8) is 0 Å². The minimum atomic E-state index is 1.07. The second-order valence-corrected chi connectivity index (χ2v) is 6.60. The van der Waals surface area contributed by atoms with Gasteiger partial charge in [-0.1, -0.05) is 48.5 Å². The second kappa shape index (κ2) is 4.58. The van der Waals surface area contributed by atoms with Gasteiger partial charge in [0.25, 0.3) is 0 Å².